The van der Waals surface area contributed by atoms with Gasteiger partial charge >= 0.3 is 6.09 Å². The van der Waals surface area contributed by atoms with Crippen LogP contribution in [0, 0.1) is 17.8 Å². The summed E-state index contributed by atoms with van der Waals surface area (Å²) in [6, 6.07) is 4.43. The van der Waals surface area contributed by atoms with E-state index in [0.717, 1.165) is 0 Å². The Morgan fingerprint density at radius 3 is 2.84 bits per heavy atom. The molecule has 0 fully saturated rings. The van der Waals surface area contributed by atoms with E-state index in [1.54, 1.807) is 32.9 Å². The molecule has 0 aromatic carbocycles. The van der Waals surface area contributed by atoms with E-state index in [1.807, 2.05) is 0 Å². The maximum atomic E-state index is 12.8. The van der Waals surface area contributed by atoms with E-state index in [2.05, 4.69) is 22.1 Å². The van der Waals surface area contributed by atoms with Crippen molar-refractivity contribution in [3.8, 4) is 11.8 Å². The number of ether oxygens (including phenoxy) is 1. The normalized spacial score (nSPS) is 10.3. The number of hydrogen-bond acceptors (Lipinski definition) is 3. The van der Waals surface area contributed by atoms with E-state index in [1.165, 1.54) is 6.07 Å². The Bertz CT molecular complexity index is 498. The van der Waals surface area contributed by atoms with Crippen LogP contribution in [0.15, 0.2) is 18.2 Å². The first-order chi connectivity index (χ1) is 8.87. The zero-order valence-electron chi connectivity index (χ0n) is 11.3. The number of halogens is 1. The highest BCUT2D eigenvalue weighted by Crippen LogP contribution is 2.06. The van der Waals surface area contributed by atoms with Gasteiger partial charge in [0.15, 0.2) is 0 Å². The van der Waals surface area contributed by atoms with E-state index in [0.29, 0.717) is 18.7 Å². The van der Waals surface area contributed by atoms with Crippen LogP contribution >= 0.6 is 0 Å². The summed E-state index contributed by atoms with van der Waals surface area (Å²) in [4.78, 5) is 14.9. The van der Waals surface area contributed by atoms with Gasteiger partial charge in [-0.25, -0.2) is 9.78 Å². The minimum Gasteiger partial charge on any atom is -0.444 e. The van der Waals surface area contributed by atoms with Gasteiger partial charge < -0.3 is 10.1 Å². The predicted molar refractivity (Wildman–Crippen MR) is 69.9 cm³/mol. The van der Waals surface area contributed by atoms with Gasteiger partial charge in [-0.05, 0) is 38.8 Å². The van der Waals surface area contributed by atoms with Crippen LogP contribution in [-0.4, -0.2) is 23.2 Å². The fourth-order valence-corrected chi connectivity index (χ4v) is 1.17. The second-order valence-electron chi connectivity index (χ2n) is 4.83. The lowest BCUT2D eigenvalue weighted by Crippen LogP contribution is -2.32. The Morgan fingerprint density at radius 2 is 2.21 bits per heavy atom. The van der Waals surface area contributed by atoms with Crippen LogP contribution in [0.4, 0.5) is 9.18 Å². The molecule has 0 aliphatic carbocycles. The van der Waals surface area contributed by atoms with E-state index >= 15 is 0 Å². The lowest BCUT2D eigenvalue weighted by molar-refractivity contribution is 0.0529. The first kappa shape index (κ1) is 15.0. The fourth-order valence-electron chi connectivity index (χ4n) is 1.17. The zero-order chi connectivity index (χ0) is 14.3. The maximum absolute atomic E-state index is 12.8. The number of alkyl carbamates (subject to hydrolysis) is 1. The summed E-state index contributed by atoms with van der Waals surface area (Å²) in [6.07, 6.45) is -0.0320. The van der Waals surface area contributed by atoms with Crippen molar-refractivity contribution in [3.05, 3.63) is 29.8 Å². The Kier molecular flexibility index (Phi) is 5.31. The number of carbonyl (C=O) groups excluding carboxylic acids is 1. The molecule has 1 heterocycles. The second-order valence-corrected chi connectivity index (χ2v) is 4.83. The van der Waals surface area contributed by atoms with Crippen molar-refractivity contribution in [2.75, 3.05) is 6.54 Å². The third-order valence-corrected chi connectivity index (χ3v) is 1.85. The number of rotatable bonds is 2. The predicted octanol–water partition coefficient (Wildman–Crippen LogP) is 2.49. The monoisotopic (exact) mass is 264 g/mol. The summed E-state index contributed by atoms with van der Waals surface area (Å²) in [5, 5.41) is 2.58. The van der Waals surface area contributed by atoms with Crippen LogP contribution < -0.4 is 5.32 Å². The average Bonchev–Trinajstić information content (AvgIpc) is 2.26. The number of nitrogens with zero attached hydrogens (tertiary/aromatic N) is 1. The standard InChI is InChI=1S/C14H17FN2O2/c1-14(2,3)19-13(18)16-10-5-4-7-11-8-6-9-12(15)17-11/h6,8-9H,5,10H2,1-3H3,(H,16,18). The summed E-state index contributed by atoms with van der Waals surface area (Å²) in [5.74, 6) is 4.96. The number of amides is 1. The molecule has 1 aromatic rings. The van der Waals surface area contributed by atoms with Crippen molar-refractivity contribution in [2.45, 2.75) is 32.8 Å². The van der Waals surface area contributed by atoms with E-state index in [-0.39, 0.29) is 0 Å². The largest absolute Gasteiger partial charge is 0.444 e. The summed E-state index contributed by atoms with van der Waals surface area (Å²) in [7, 11) is 0. The maximum Gasteiger partial charge on any atom is 0.407 e. The lowest BCUT2D eigenvalue weighted by atomic mass is 10.2. The molecule has 0 unspecified atom stereocenters. The molecular weight excluding hydrogens is 247 g/mol. The molecule has 1 aromatic heterocycles. The highest BCUT2D eigenvalue weighted by Gasteiger charge is 2.15. The van der Waals surface area contributed by atoms with Gasteiger partial charge in [0, 0.05) is 13.0 Å². The molecule has 0 saturated carbocycles. The number of nitrogens with one attached hydrogen (secondary N) is 1. The molecule has 0 aliphatic heterocycles. The molecule has 19 heavy (non-hydrogen) atoms. The summed E-state index contributed by atoms with van der Waals surface area (Å²) in [6.45, 7) is 5.75. The molecule has 0 atom stereocenters. The van der Waals surface area contributed by atoms with Crippen LogP contribution in [0.5, 0.6) is 0 Å². The Balaban J connectivity index is 2.30. The van der Waals surface area contributed by atoms with Gasteiger partial charge in [0.25, 0.3) is 0 Å². The number of carbonyl (C=O) groups is 1. The van der Waals surface area contributed by atoms with Gasteiger partial charge in [0.1, 0.15) is 11.3 Å². The summed E-state index contributed by atoms with van der Waals surface area (Å²) in [5.41, 5.74) is -0.140. The third kappa shape index (κ3) is 7.04. The quantitative estimate of drug-likeness (QED) is 0.507. The van der Waals surface area contributed by atoms with Crippen molar-refractivity contribution in [1.82, 2.24) is 10.3 Å². The first-order valence-electron chi connectivity index (χ1n) is 5.95. The molecule has 0 aliphatic rings. The van der Waals surface area contributed by atoms with Crippen LogP contribution in [0.3, 0.4) is 0 Å². The highest BCUT2D eigenvalue weighted by atomic mass is 19.1. The molecule has 0 radical (unpaired) electrons. The van der Waals surface area contributed by atoms with Gasteiger partial charge in [-0.15, -0.1) is 0 Å². The topological polar surface area (TPSA) is 51.2 Å². The summed E-state index contributed by atoms with van der Waals surface area (Å²) < 4.78 is 17.8. The molecule has 4 nitrogen and oxygen atoms in total. The van der Waals surface area contributed by atoms with Gasteiger partial charge in [0.2, 0.25) is 5.95 Å². The SMILES string of the molecule is CC(C)(C)OC(=O)NCCC#Cc1cccc(F)n1. The van der Waals surface area contributed by atoms with Crippen LogP contribution in [-0.2, 0) is 4.74 Å². The number of aromatic nitrogens is 1. The van der Waals surface area contributed by atoms with Crippen molar-refractivity contribution in [2.24, 2.45) is 0 Å². The molecule has 0 saturated heterocycles. The fraction of sp³-hybridized carbons (Fsp3) is 0.429. The minimum absolute atomic E-state index is 0.372. The van der Waals surface area contributed by atoms with Gasteiger partial charge in [-0.2, -0.15) is 4.39 Å². The van der Waals surface area contributed by atoms with Crippen molar-refractivity contribution in [1.29, 1.82) is 0 Å². The average molecular weight is 264 g/mol. The molecular formula is C14H17FN2O2. The first-order valence-corrected chi connectivity index (χ1v) is 5.95. The summed E-state index contributed by atoms with van der Waals surface area (Å²) >= 11 is 0. The molecule has 1 N–H and O–H groups in total. The lowest BCUT2D eigenvalue weighted by Gasteiger charge is -2.19. The van der Waals surface area contributed by atoms with Gasteiger partial charge in [0.05, 0.1) is 0 Å². The second kappa shape index (κ2) is 6.74. The minimum atomic E-state index is -0.557. The van der Waals surface area contributed by atoms with E-state index < -0.39 is 17.6 Å². The highest BCUT2D eigenvalue weighted by molar-refractivity contribution is 5.67. The van der Waals surface area contributed by atoms with Crippen LogP contribution in [0.2, 0.25) is 0 Å². The van der Waals surface area contributed by atoms with E-state index in [9.17, 15) is 9.18 Å². The van der Waals surface area contributed by atoms with Crippen LogP contribution in [0.25, 0.3) is 0 Å². The number of hydrogen-bond donors (Lipinski definition) is 1. The molecule has 0 bridgehead atoms. The molecule has 1 amide bonds. The smallest absolute Gasteiger partial charge is 0.407 e. The Morgan fingerprint density at radius 1 is 1.47 bits per heavy atom. The Labute approximate surface area is 112 Å². The Hall–Kier alpha value is -2.09. The van der Waals surface area contributed by atoms with E-state index in [4.69, 9.17) is 4.74 Å². The molecule has 5 heteroatoms. The van der Waals surface area contributed by atoms with Gasteiger partial charge in [-0.3, -0.25) is 0 Å². The van der Waals surface area contributed by atoms with Gasteiger partial charge in [-0.1, -0.05) is 12.0 Å². The van der Waals surface area contributed by atoms with Crippen molar-refractivity contribution >= 4 is 6.09 Å². The zero-order valence-corrected chi connectivity index (χ0v) is 11.3. The molecule has 1 rings (SSSR count). The van der Waals surface area contributed by atoms with Crippen molar-refractivity contribution < 1.29 is 13.9 Å². The van der Waals surface area contributed by atoms with Crippen molar-refractivity contribution in [3.63, 3.8) is 0 Å². The molecule has 0 spiro atoms. The number of pyridine rings is 1. The molecule has 102 valence electrons. The van der Waals surface area contributed by atoms with Crippen LogP contribution in [0.1, 0.15) is 32.9 Å². The third-order valence-electron chi connectivity index (χ3n) is 1.85.